The van der Waals surface area contributed by atoms with Gasteiger partial charge in [0, 0.05) is 18.5 Å². The average Bonchev–Trinajstić information content (AvgIpc) is 2.80. The van der Waals surface area contributed by atoms with Gasteiger partial charge in [-0.1, -0.05) is 25.4 Å². The molecule has 0 saturated heterocycles. The van der Waals surface area contributed by atoms with Gasteiger partial charge in [-0.3, -0.25) is 0 Å². The van der Waals surface area contributed by atoms with Gasteiger partial charge in [-0.15, -0.1) is 0 Å². The molecule has 21 heavy (non-hydrogen) atoms. The van der Waals surface area contributed by atoms with Crippen molar-refractivity contribution in [3.05, 3.63) is 46.5 Å². The molecule has 1 aromatic carbocycles. The molecule has 1 unspecified atom stereocenters. The van der Waals surface area contributed by atoms with E-state index in [1.54, 1.807) is 4.68 Å². The third kappa shape index (κ3) is 3.77. The Labute approximate surface area is 126 Å². The van der Waals surface area contributed by atoms with Gasteiger partial charge in [0.15, 0.2) is 0 Å². The Morgan fingerprint density at radius 1 is 1.29 bits per heavy atom. The van der Waals surface area contributed by atoms with Crippen molar-refractivity contribution in [2.24, 2.45) is 5.92 Å². The summed E-state index contributed by atoms with van der Waals surface area (Å²) in [6, 6.07) is 1.76. The van der Waals surface area contributed by atoms with E-state index in [1.807, 2.05) is 13.8 Å². The van der Waals surface area contributed by atoms with Crippen LogP contribution in [0.2, 0.25) is 5.02 Å². The molecule has 0 fully saturated rings. The van der Waals surface area contributed by atoms with Crippen molar-refractivity contribution in [3.8, 4) is 0 Å². The second-order valence-electron chi connectivity index (χ2n) is 5.26. The molecule has 4 nitrogen and oxygen atoms in total. The Morgan fingerprint density at radius 2 is 2.00 bits per heavy atom. The number of benzene rings is 1. The highest BCUT2D eigenvalue weighted by molar-refractivity contribution is 6.30. The normalized spacial score (nSPS) is 12.9. The van der Waals surface area contributed by atoms with Gasteiger partial charge in [0.05, 0.1) is 11.1 Å². The highest BCUT2D eigenvalue weighted by atomic mass is 35.5. The maximum absolute atomic E-state index is 13.8. The van der Waals surface area contributed by atoms with Gasteiger partial charge in [-0.25, -0.2) is 18.4 Å². The third-order valence-electron chi connectivity index (χ3n) is 3.01. The smallest absolute Gasteiger partial charge is 0.142 e. The maximum Gasteiger partial charge on any atom is 0.142 e. The van der Waals surface area contributed by atoms with Crippen LogP contribution in [0.15, 0.2) is 18.5 Å². The number of hydrogen-bond donors (Lipinski definition) is 1. The van der Waals surface area contributed by atoms with Crippen LogP contribution in [-0.2, 0) is 13.0 Å². The number of aliphatic hydroxyl groups is 1. The average molecular weight is 316 g/mol. The number of nitrogens with zero attached hydrogens (tertiary/aromatic N) is 3. The molecule has 1 heterocycles. The summed E-state index contributed by atoms with van der Waals surface area (Å²) in [4.78, 5) is 4.05. The van der Waals surface area contributed by atoms with Gasteiger partial charge in [-0.05, 0) is 18.1 Å². The molecule has 1 atom stereocenters. The van der Waals surface area contributed by atoms with Crippen molar-refractivity contribution in [1.82, 2.24) is 14.8 Å². The lowest BCUT2D eigenvalue weighted by molar-refractivity contribution is 0.168. The number of hydrogen-bond acceptors (Lipinski definition) is 3. The molecule has 114 valence electrons. The second kappa shape index (κ2) is 6.49. The lowest BCUT2D eigenvalue weighted by atomic mass is 10.1. The molecule has 1 N–H and O–H groups in total. The lowest BCUT2D eigenvalue weighted by Gasteiger charge is -2.14. The molecule has 2 rings (SSSR count). The minimum atomic E-state index is -1.22. The van der Waals surface area contributed by atoms with Crippen molar-refractivity contribution in [1.29, 1.82) is 0 Å². The van der Waals surface area contributed by atoms with Gasteiger partial charge in [0.2, 0.25) is 0 Å². The van der Waals surface area contributed by atoms with E-state index >= 15 is 0 Å². The first-order valence-corrected chi connectivity index (χ1v) is 6.95. The molecular weight excluding hydrogens is 300 g/mol. The summed E-state index contributed by atoms with van der Waals surface area (Å²) in [5, 5.41) is 13.9. The Bertz CT molecular complexity index is 631. The minimum Gasteiger partial charge on any atom is -0.388 e. The van der Waals surface area contributed by atoms with E-state index < -0.39 is 17.7 Å². The summed E-state index contributed by atoms with van der Waals surface area (Å²) in [6.07, 6.45) is 0.209. The highest BCUT2D eigenvalue weighted by Gasteiger charge is 2.19. The van der Waals surface area contributed by atoms with E-state index in [0.29, 0.717) is 18.3 Å². The van der Waals surface area contributed by atoms with E-state index in [1.165, 1.54) is 6.33 Å². The molecule has 0 aliphatic heterocycles. The van der Waals surface area contributed by atoms with Crippen LogP contribution in [0.1, 0.15) is 31.3 Å². The Kier molecular flexibility index (Phi) is 4.90. The predicted molar refractivity (Wildman–Crippen MR) is 74.9 cm³/mol. The van der Waals surface area contributed by atoms with Crippen LogP contribution in [0.5, 0.6) is 0 Å². The van der Waals surface area contributed by atoms with Crippen LogP contribution in [0.3, 0.4) is 0 Å². The van der Waals surface area contributed by atoms with E-state index in [2.05, 4.69) is 10.1 Å². The fourth-order valence-electron chi connectivity index (χ4n) is 2.02. The first-order valence-electron chi connectivity index (χ1n) is 6.57. The van der Waals surface area contributed by atoms with Crippen LogP contribution >= 0.6 is 11.6 Å². The van der Waals surface area contributed by atoms with Crippen molar-refractivity contribution in [2.75, 3.05) is 0 Å². The third-order valence-corrected chi connectivity index (χ3v) is 3.30. The van der Waals surface area contributed by atoms with Crippen molar-refractivity contribution < 1.29 is 13.9 Å². The van der Waals surface area contributed by atoms with Crippen LogP contribution in [0.4, 0.5) is 8.78 Å². The Morgan fingerprint density at radius 3 is 2.67 bits per heavy atom. The molecule has 0 saturated carbocycles. The first-order chi connectivity index (χ1) is 9.88. The van der Waals surface area contributed by atoms with E-state index in [9.17, 15) is 13.9 Å². The summed E-state index contributed by atoms with van der Waals surface area (Å²) in [7, 11) is 0. The summed E-state index contributed by atoms with van der Waals surface area (Å²) in [5.41, 5.74) is -0.143. The van der Waals surface area contributed by atoms with Crippen molar-refractivity contribution in [2.45, 2.75) is 32.9 Å². The molecule has 0 radical (unpaired) electrons. The fraction of sp³-hybridized carbons (Fsp3) is 0.429. The summed E-state index contributed by atoms with van der Waals surface area (Å²) in [6.45, 7) is 4.69. The molecule has 7 heteroatoms. The standard InChI is InChI=1S/C14H16ClF2N3O/c1-8(2)6-20-14(18-7-19-20)5-13(21)9-3-12(17)10(15)4-11(9)16/h3-4,7-8,13,21H,5-6H2,1-2H3. The number of rotatable bonds is 5. The quantitative estimate of drug-likeness (QED) is 0.862. The molecule has 0 amide bonds. The van der Waals surface area contributed by atoms with Gasteiger partial charge in [0.1, 0.15) is 23.8 Å². The van der Waals surface area contributed by atoms with E-state index in [-0.39, 0.29) is 17.0 Å². The number of aliphatic hydroxyl groups excluding tert-OH is 1. The summed E-state index contributed by atoms with van der Waals surface area (Å²) >= 11 is 5.49. The zero-order valence-electron chi connectivity index (χ0n) is 11.7. The van der Waals surface area contributed by atoms with E-state index in [0.717, 1.165) is 12.1 Å². The summed E-state index contributed by atoms with van der Waals surface area (Å²) < 4.78 is 28.8. The molecule has 2 aromatic rings. The lowest BCUT2D eigenvalue weighted by Crippen LogP contribution is -2.14. The van der Waals surface area contributed by atoms with Crippen LogP contribution in [0.25, 0.3) is 0 Å². The molecule has 0 aliphatic carbocycles. The van der Waals surface area contributed by atoms with Gasteiger partial charge in [-0.2, -0.15) is 5.10 Å². The fourth-order valence-corrected chi connectivity index (χ4v) is 2.17. The predicted octanol–water partition coefficient (Wildman–Crippen LogP) is 3.14. The molecular formula is C14H16ClF2N3O. The molecule has 1 aromatic heterocycles. The first kappa shape index (κ1) is 15.9. The highest BCUT2D eigenvalue weighted by Crippen LogP contribution is 2.25. The van der Waals surface area contributed by atoms with Crippen molar-refractivity contribution in [3.63, 3.8) is 0 Å². The van der Waals surface area contributed by atoms with Gasteiger partial charge in [0.25, 0.3) is 0 Å². The zero-order valence-corrected chi connectivity index (χ0v) is 12.5. The zero-order chi connectivity index (χ0) is 15.6. The number of halogens is 3. The second-order valence-corrected chi connectivity index (χ2v) is 5.67. The number of aromatic nitrogens is 3. The minimum absolute atomic E-state index is 0.0463. The Hall–Kier alpha value is -1.53. The summed E-state index contributed by atoms with van der Waals surface area (Å²) in [5.74, 6) is -0.641. The largest absolute Gasteiger partial charge is 0.388 e. The monoisotopic (exact) mass is 315 g/mol. The Balaban J connectivity index is 2.20. The molecule has 0 spiro atoms. The topological polar surface area (TPSA) is 50.9 Å². The maximum atomic E-state index is 13.8. The van der Waals surface area contributed by atoms with Gasteiger partial charge >= 0.3 is 0 Å². The SMILES string of the molecule is CC(C)Cn1ncnc1CC(O)c1cc(F)c(Cl)cc1F. The molecule has 0 aliphatic rings. The van der Waals surface area contributed by atoms with Crippen molar-refractivity contribution >= 4 is 11.6 Å². The van der Waals surface area contributed by atoms with Gasteiger partial charge < -0.3 is 5.11 Å². The van der Waals surface area contributed by atoms with Crippen LogP contribution < -0.4 is 0 Å². The van der Waals surface area contributed by atoms with Crippen LogP contribution in [0, 0.1) is 17.6 Å². The van der Waals surface area contributed by atoms with E-state index in [4.69, 9.17) is 11.6 Å². The van der Waals surface area contributed by atoms with Crippen LogP contribution in [-0.4, -0.2) is 19.9 Å². The molecule has 0 bridgehead atoms.